The summed E-state index contributed by atoms with van der Waals surface area (Å²) in [4.78, 5) is 0. The van der Waals surface area contributed by atoms with Crippen LogP contribution in [0.1, 0.15) is 6.92 Å². The maximum atomic E-state index is 10.0. The minimum atomic E-state index is -3.72. The molecule has 0 fully saturated rings. The number of hydrogen-bond acceptors (Lipinski definition) is 3. The summed E-state index contributed by atoms with van der Waals surface area (Å²) in [6.45, 7) is 1.94. The van der Waals surface area contributed by atoms with Crippen molar-refractivity contribution in [3.05, 3.63) is 0 Å². The number of rotatable bonds is 4. The lowest BCUT2D eigenvalue weighted by Gasteiger charge is -1.93. The molecule has 0 aromatic heterocycles. The van der Waals surface area contributed by atoms with Crippen molar-refractivity contribution in [1.82, 2.24) is 0 Å². The minimum absolute atomic E-state index is 0.133. The van der Waals surface area contributed by atoms with Gasteiger partial charge in [-0.2, -0.15) is 20.2 Å². The SMILES string of the molecule is CCSCCS(=O)(=O)O. The molecule has 0 saturated heterocycles. The van der Waals surface area contributed by atoms with Gasteiger partial charge in [-0.1, -0.05) is 6.92 Å². The second-order valence-corrected chi connectivity index (χ2v) is 4.45. The van der Waals surface area contributed by atoms with Gasteiger partial charge >= 0.3 is 0 Å². The molecule has 0 atom stereocenters. The van der Waals surface area contributed by atoms with Crippen LogP contribution in [0.4, 0.5) is 0 Å². The molecule has 0 aliphatic heterocycles. The molecule has 0 spiro atoms. The van der Waals surface area contributed by atoms with Crippen LogP contribution in [0.5, 0.6) is 0 Å². The first-order chi connectivity index (χ1) is 4.06. The summed E-state index contributed by atoms with van der Waals surface area (Å²) in [6.07, 6.45) is 0. The van der Waals surface area contributed by atoms with E-state index in [9.17, 15) is 8.42 Å². The molecular formula is C4H10O3S2. The second kappa shape index (κ2) is 4.14. The summed E-state index contributed by atoms with van der Waals surface area (Å²) >= 11 is 1.50. The van der Waals surface area contributed by atoms with Gasteiger partial charge in [-0.3, -0.25) is 4.55 Å². The van der Waals surface area contributed by atoms with Crippen LogP contribution in [0.2, 0.25) is 0 Å². The van der Waals surface area contributed by atoms with Gasteiger partial charge in [0.05, 0.1) is 5.75 Å². The molecule has 0 heterocycles. The lowest BCUT2D eigenvalue weighted by Crippen LogP contribution is -2.05. The minimum Gasteiger partial charge on any atom is -0.286 e. The summed E-state index contributed by atoms with van der Waals surface area (Å²) in [5, 5.41) is 0. The van der Waals surface area contributed by atoms with Gasteiger partial charge in [0.25, 0.3) is 10.1 Å². The lowest BCUT2D eigenvalue weighted by molar-refractivity contribution is 0.485. The molecule has 0 amide bonds. The molecule has 0 aromatic rings. The third-order valence-electron chi connectivity index (χ3n) is 0.690. The molecule has 0 radical (unpaired) electrons. The highest BCUT2D eigenvalue weighted by Gasteiger charge is 2.01. The van der Waals surface area contributed by atoms with Gasteiger partial charge in [-0.05, 0) is 5.75 Å². The molecular weight excluding hydrogens is 160 g/mol. The summed E-state index contributed by atoms with van der Waals surface area (Å²) in [5.41, 5.74) is 0. The fourth-order valence-electron chi connectivity index (χ4n) is 0.309. The summed E-state index contributed by atoms with van der Waals surface area (Å²) in [7, 11) is -3.72. The zero-order valence-electron chi connectivity index (χ0n) is 5.20. The molecule has 3 nitrogen and oxygen atoms in total. The highest BCUT2D eigenvalue weighted by molar-refractivity contribution is 8.00. The third-order valence-corrected chi connectivity index (χ3v) is 2.57. The number of hydrogen-bond donors (Lipinski definition) is 1. The van der Waals surface area contributed by atoms with Crippen LogP contribution in [0.3, 0.4) is 0 Å². The Morgan fingerprint density at radius 1 is 1.56 bits per heavy atom. The van der Waals surface area contributed by atoms with Gasteiger partial charge in [-0.25, -0.2) is 0 Å². The Kier molecular flexibility index (Phi) is 4.26. The van der Waals surface area contributed by atoms with Gasteiger partial charge < -0.3 is 0 Å². The van der Waals surface area contributed by atoms with E-state index in [1.54, 1.807) is 0 Å². The topological polar surface area (TPSA) is 54.4 Å². The summed E-state index contributed by atoms with van der Waals surface area (Å²) in [5.74, 6) is 1.23. The predicted molar refractivity (Wildman–Crippen MR) is 39.4 cm³/mol. The van der Waals surface area contributed by atoms with Crippen LogP contribution in [-0.2, 0) is 10.1 Å². The third kappa shape index (κ3) is 8.26. The van der Waals surface area contributed by atoms with Crippen LogP contribution in [0.15, 0.2) is 0 Å². The Morgan fingerprint density at radius 2 is 2.11 bits per heavy atom. The van der Waals surface area contributed by atoms with Crippen molar-refractivity contribution < 1.29 is 13.0 Å². The average Bonchev–Trinajstić information content (AvgIpc) is 1.63. The van der Waals surface area contributed by atoms with E-state index in [1.165, 1.54) is 11.8 Å². The first-order valence-corrected chi connectivity index (χ1v) is 5.35. The molecule has 9 heavy (non-hydrogen) atoms. The van der Waals surface area contributed by atoms with Crippen LogP contribution >= 0.6 is 11.8 Å². The highest BCUT2D eigenvalue weighted by Crippen LogP contribution is 1.98. The Morgan fingerprint density at radius 3 is 2.44 bits per heavy atom. The number of thioether (sulfide) groups is 1. The van der Waals surface area contributed by atoms with Crippen molar-refractivity contribution in [2.24, 2.45) is 0 Å². The Bertz CT molecular complexity index is 149. The summed E-state index contributed by atoms with van der Waals surface area (Å²) < 4.78 is 28.3. The van der Waals surface area contributed by atoms with Crippen molar-refractivity contribution in [2.45, 2.75) is 6.92 Å². The van der Waals surface area contributed by atoms with Crippen molar-refractivity contribution in [3.8, 4) is 0 Å². The molecule has 0 aromatic carbocycles. The Labute approximate surface area is 59.6 Å². The fourth-order valence-corrected chi connectivity index (χ4v) is 1.91. The Hall–Kier alpha value is 0.260. The van der Waals surface area contributed by atoms with Gasteiger partial charge in [0.2, 0.25) is 0 Å². The standard InChI is InChI=1S/C4H10O3S2/c1-2-8-3-4-9(5,6)7/h2-4H2,1H3,(H,5,6,7). The molecule has 0 aliphatic rings. The van der Waals surface area contributed by atoms with E-state index in [-0.39, 0.29) is 5.75 Å². The zero-order chi connectivity index (χ0) is 7.33. The van der Waals surface area contributed by atoms with E-state index in [0.29, 0.717) is 5.75 Å². The van der Waals surface area contributed by atoms with E-state index in [4.69, 9.17) is 4.55 Å². The highest BCUT2D eigenvalue weighted by atomic mass is 32.2. The van der Waals surface area contributed by atoms with Gasteiger partial charge in [0.1, 0.15) is 0 Å². The fraction of sp³-hybridized carbons (Fsp3) is 1.00. The predicted octanol–water partition coefficient (Wildman–Crippen LogP) is 0.627. The van der Waals surface area contributed by atoms with Crippen LogP contribution in [0, 0.1) is 0 Å². The zero-order valence-corrected chi connectivity index (χ0v) is 6.83. The second-order valence-electron chi connectivity index (χ2n) is 1.48. The smallest absolute Gasteiger partial charge is 0.265 e. The maximum absolute atomic E-state index is 10.0. The van der Waals surface area contributed by atoms with E-state index in [1.807, 2.05) is 6.92 Å². The van der Waals surface area contributed by atoms with Gasteiger partial charge in [0, 0.05) is 5.75 Å². The molecule has 0 aliphatic carbocycles. The van der Waals surface area contributed by atoms with E-state index in [0.717, 1.165) is 5.75 Å². The lowest BCUT2D eigenvalue weighted by atomic mass is 10.9. The molecule has 0 bridgehead atoms. The van der Waals surface area contributed by atoms with E-state index < -0.39 is 10.1 Å². The molecule has 1 N–H and O–H groups in total. The van der Waals surface area contributed by atoms with E-state index in [2.05, 4.69) is 0 Å². The quantitative estimate of drug-likeness (QED) is 0.496. The normalized spacial score (nSPS) is 11.8. The first-order valence-electron chi connectivity index (χ1n) is 2.59. The average molecular weight is 170 g/mol. The van der Waals surface area contributed by atoms with Crippen molar-refractivity contribution in [3.63, 3.8) is 0 Å². The van der Waals surface area contributed by atoms with Crippen LogP contribution in [0.25, 0.3) is 0 Å². The van der Waals surface area contributed by atoms with Gasteiger partial charge in [0.15, 0.2) is 0 Å². The monoisotopic (exact) mass is 170 g/mol. The molecule has 0 rings (SSSR count). The van der Waals surface area contributed by atoms with Crippen molar-refractivity contribution in [1.29, 1.82) is 0 Å². The maximum Gasteiger partial charge on any atom is 0.265 e. The van der Waals surface area contributed by atoms with Crippen molar-refractivity contribution >= 4 is 21.9 Å². The van der Waals surface area contributed by atoms with E-state index >= 15 is 0 Å². The molecule has 56 valence electrons. The summed E-state index contributed by atoms with van der Waals surface area (Å²) in [6, 6.07) is 0. The van der Waals surface area contributed by atoms with Crippen LogP contribution < -0.4 is 0 Å². The van der Waals surface area contributed by atoms with Crippen molar-refractivity contribution in [2.75, 3.05) is 17.3 Å². The first kappa shape index (κ1) is 9.26. The molecule has 5 heteroatoms. The Balaban J connectivity index is 3.30. The molecule has 0 saturated carbocycles. The largest absolute Gasteiger partial charge is 0.286 e. The van der Waals surface area contributed by atoms with Gasteiger partial charge in [-0.15, -0.1) is 0 Å². The molecule has 0 unspecified atom stereocenters. The van der Waals surface area contributed by atoms with Crippen LogP contribution in [-0.4, -0.2) is 30.2 Å².